The van der Waals surface area contributed by atoms with Crippen molar-refractivity contribution in [1.29, 1.82) is 0 Å². The second-order valence-electron chi connectivity index (χ2n) is 8.16. The van der Waals surface area contributed by atoms with Crippen molar-refractivity contribution < 1.29 is 17.9 Å². The van der Waals surface area contributed by atoms with Crippen molar-refractivity contribution in [2.75, 3.05) is 26.7 Å². The largest absolute Gasteiger partial charge is 0.495 e. The van der Waals surface area contributed by atoms with E-state index in [9.17, 15) is 13.2 Å². The zero-order chi connectivity index (χ0) is 22.0. The molecule has 31 heavy (non-hydrogen) atoms. The molecule has 0 radical (unpaired) electrons. The van der Waals surface area contributed by atoms with E-state index in [2.05, 4.69) is 18.4 Å². The number of benzene rings is 1. The number of hydrogen-bond acceptors (Lipinski definition) is 5. The molecular weight excluding hydrogens is 432 g/mol. The van der Waals surface area contributed by atoms with Crippen LogP contribution in [0.5, 0.6) is 5.75 Å². The zero-order valence-corrected chi connectivity index (χ0v) is 19.8. The number of methoxy groups -OCH3 is 1. The topological polar surface area (TPSA) is 66.9 Å². The molecule has 2 aliphatic rings. The fourth-order valence-electron chi connectivity index (χ4n) is 4.68. The van der Waals surface area contributed by atoms with Crippen LogP contribution in [-0.4, -0.2) is 50.3 Å². The first-order valence-electron chi connectivity index (χ1n) is 11.0. The summed E-state index contributed by atoms with van der Waals surface area (Å²) in [5, 5.41) is 2.08. The molecule has 3 heterocycles. The lowest BCUT2D eigenvalue weighted by molar-refractivity contribution is 0.0657. The first kappa shape index (κ1) is 22.3. The van der Waals surface area contributed by atoms with E-state index >= 15 is 0 Å². The summed E-state index contributed by atoms with van der Waals surface area (Å²) in [5.74, 6) is 0.158. The number of hydrogen-bond donors (Lipinski definition) is 0. The van der Waals surface area contributed by atoms with Crippen LogP contribution in [0.25, 0.3) is 0 Å². The van der Waals surface area contributed by atoms with Crippen LogP contribution in [0.1, 0.15) is 65.9 Å². The molecular formula is C23H30N2O4S2. The predicted octanol–water partition coefficient (Wildman–Crippen LogP) is 4.47. The lowest BCUT2D eigenvalue weighted by Gasteiger charge is -2.35. The van der Waals surface area contributed by atoms with Gasteiger partial charge in [-0.25, -0.2) is 8.42 Å². The Balaban J connectivity index is 1.68. The molecule has 1 fully saturated rings. The molecule has 0 bridgehead atoms. The third-order valence-electron chi connectivity index (χ3n) is 6.34. The summed E-state index contributed by atoms with van der Waals surface area (Å²) in [6, 6.07) is 6.93. The van der Waals surface area contributed by atoms with Gasteiger partial charge in [-0.15, -0.1) is 11.3 Å². The van der Waals surface area contributed by atoms with E-state index in [4.69, 9.17) is 4.74 Å². The van der Waals surface area contributed by atoms with Crippen molar-refractivity contribution in [3.63, 3.8) is 0 Å². The first-order chi connectivity index (χ1) is 15.0. The molecule has 1 aromatic heterocycles. The summed E-state index contributed by atoms with van der Waals surface area (Å²) in [4.78, 5) is 16.8. The van der Waals surface area contributed by atoms with Gasteiger partial charge in [0.25, 0.3) is 5.91 Å². The van der Waals surface area contributed by atoms with Crippen LogP contribution in [0.3, 0.4) is 0 Å². The highest BCUT2D eigenvalue weighted by atomic mass is 32.2. The van der Waals surface area contributed by atoms with Crippen molar-refractivity contribution in [3.8, 4) is 5.75 Å². The van der Waals surface area contributed by atoms with Crippen LogP contribution in [0.4, 0.5) is 0 Å². The molecule has 0 aliphatic carbocycles. The van der Waals surface area contributed by atoms with Crippen molar-refractivity contribution in [3.05, 3.63) is 45.6 Å². The fourth-order valence-corrected chi connectivity index (χ4v) is 7.30. The van der Waals surface area contributed by atoms with Gasteiger partial charge in [0.05, 0.1) is 13.2 Å². The van der Waals surface area contributed by atoms with Gasteiger partial charge in [0.2, 0.25) is 10.0 Å². The lowest BCUT2D eigenvalue weighted by Crippen LogP contribution is -2.39. The Morgan fingerprint density at radius 1 is 1.13 bits per heavy atom. The Hall–Kier alpha value is -1.90. The van der Waals surface area contributed by atoms with Gasteiger partial charge in [-0.05, 0) is 60.9 Å². The summed E-state index contributed by atoms with van der Waals surface area (Å²) >= 11 is 1.74. The maximum Gasteiger partial charge on any atom is 0.254 e. The molecule has 168 valence electrons. The minimum Gasteiger partial charge on any atom is -0.495 e. The van der Waals surface area contributed by atoms with E-state index in [1.54, 1.807) is 27.8 Å². The van der Waals surface area contributed by atoms with E-state index in [1.165, 1.54) is 23.6 Å². The van der Waals surface area contributed by atoms with Gasteiger partial charge in [0.1, 0.15) is 10.6 Å². The van der Waals surface area contributed by atoms with Crippen molar-refractivity contribution in [2.45, 2.75) is 56.4 Å². The quantitative estimate of drug-likeness (QED) is 0.657. The van der Waals surface area contributed by atoms with Gasteiger partial charge >= 0.3 is 0 Å². The summed E-state index contributed by atoms with van der Waals surface area (Å²) in [5.41, 5.74) is 1.62. The highest BCUT2D eigenvalue weighted by Crippen LogP contribution is 2.37. The van der Waals surface area contributed by atoms with Gasteiger partial charge in [-0.1, -0.05) is 19.8 Å². The number of carbonyl (C=O) groups excluding carboxylic acids is 1. The fraction of sp³-hybridized carbons (Fsp3) is 0.522. The summed E-state index contributed by atoms with van der Waals surface area (Å²) in [7, 11) is -2.27. The van der Waals surface area contributed by atoms with Crippen LogP contribution >= 0.6 is 11.3 Å². The number of rotatable bonds is 5. The van der Waals surface area contributed by atoms with Gasteiger partial charge in [0, 0.05) is 30.1 Å². The summed E-state index contributed by atoms with van der Waals surface area (Å²) in [6.45, 7) is 3.75. The minimum atomic E-state index is -3.73. The Labute approximate surface area is 188 Å². The zero-order valence-electron chi connectivity index (χ0n) is 18.2. The number of carbonyl (C=O) groups is 1. The molecule has 0 saturated carbocycles. The maximum atomic E-state index is 13.5. The van der Waals surface area contributed by atoms with Crippen molar-refractivity contribution in [1.82, 2.24) is 9.21 Å². The van der Waals surface area contributed by atoms with Gasteiger partial charge in [-0.2, -0.15) is 4.31 Å². The highest BCUT2D eigenvalue weighted by Gasteiger charge is 2.33. The monoisotopic (exact) mass is 462 g/mol. The number of fused-ring (bicyclic) bond motifs is 1. The average Bonchev–Trinajstić information content (AvgIpc) is 3.09. The summed E-state index contributed by atoms with van der Waals surface area (Å²) < 4.78 is 33.8. The smallest absolute Gasteiger partial charge is 0.254 e. The van der Waals surface area contributed by atoms with E-state index in [0.29, 0.717) is 25.2 Å². The SMILES string of the molecule is CCC1c2ccsc2CCN1C(=O)c1ccc(OC)c(S(=O)(=O)N2CCCCCC2)c1. The van der Waals surface area contributed by atoms with Crippen LogP contribution in [0.15, 0.2) is 34.5 Å². The van der Waals surface area contributed by atoms with Crippen LogP contribution in [-0.2, 0) is 16.4 Å². The molecule has 1 unspecified atom stereocenters. The van der Waals surface area contributed by atoms with E-state index in [0.717, 1.165) is 38.5 Å². The number of ether oxygens (including phenoxy) is 1. The standard InChI is InChI=1S/C23H30N2O4S2/c1-3-19-18-11-15-30-21(18)10-14-25(19)23(26)17-8-9-20(29-2)22(16-17)31(27,28)24-12-6-4-5-7-13-24/h8-9,11,15-16,19H,3-7,10,12-14H2,1-2H3. The van der Waals surface area contributed by atoms with E-state index < -0.39 is 10.0 Å². The lowest BCUT2D eigenvalue weighted by atomic mass is 9.97. The van der Waals surface area contributed by atoms with Crippen LogP contribution in [0, 0.1) is 0 Å². The predicted molar refractivity (Wildman–Crippen MR) is 122 cm³/mol. The van der Waals surface area contributed by atoms with Crippen molar-refractivity contribution >= 4 is 27.3 Å². The van der Waals surface area contributed by atoms with E-state index in [-0.39, 0.29) is 22.6 Å². The molecule has 1 atom stereocenters. The Morgan fingerprint density at radius 2 is 1.87 bits per heavy atom. The Morgan fingerprint density at radius 3 is 2.55 bits per heavy atom. The molecule has 1 saturated heterocycles. The van der Waals surface area contributed by atoms with Crippen LogP contribution in [0.2, 0.25) is 0 Å². The van der Waals surface area contributed by atoms with Gasteiger partial charge in [-0.3, -0.25) is 4.79 Å². The molecule has 2 aliphatic heterocycles. The molecule has 2 aromatic rings. The third kappa shape index (κ3) is 4.25. The summed E-state index contributed by atoms with van der Waals surface area (Å²) in [6.07, 6.45) is 5.46. The van der Waals surface area contributed by atoms with Crippen molar-refractivity contribution in [2.24, 2.45) is 0 Å². The second kappa shape index (κ2) is 9.30. The molecule has 4 rings (SSSR count). The normalized spacial score (nSPS) is 20.2. The number of thiophene rings is 1. The Bertz CT molecular complexity index is 1040. The molecule has 6 nitrogen and oxygen atoms in total. The minimum absolute atomic E-state index is 0.0234. The Kier molecular flexibility index (Phi) is 6.69. The van der Waals surface area contributed by atoms with Crippen LogP contribution < -0.4 is 4.74 Å². The molecule has 1 aromatic carbocycles. The molecule has 0 spiro atoms. The van der Waals surface area contributed by atoms with Gasteiger partial charge < -0.3 is 9.64 Å². The van der Waals surface area contributed by atoms with E-state index in [1.807, 2.05) is 4.90 Å². The number of nitrogens with zero attached hydrogens (tertiary/aromatic N) is 2. The molecule has 1 amide bonds. The maximum absolute atomic E-state index is 13.5. The third-order valence-corrected chi connectivity index (χ3v) is 9.25. The molecule has 0 N–H and O–H groups in total. The first-order valence-corrected chi connectivity index (χ1v) is 13.3. The van der Waals surface area contributed by atoms with Gasteiger partial charge in [0.15, 0.2) is 0 Å². The molecule has 8 heteroatoms. The highest BCUT2D eigenvalue weighted by molar-refractivity contribution is 7.89. The number of amides is 1. The average molecular weight is 463 g/mol. The number of sulfonamides is 1. The second-order valence-corrected chi connectivity index (χ2v) is 11.1.